The summed E-state index contributed by atoms with van der Waals surface area (Å²) in [6.45, 7) is 2.32. The van der Waals surface area contributed by atoms with E-state index in [0.29, 0.717) is 24.1 Å². The van der Waals surface area contributed by atoms with E-state index in [1.165, 1.54) is 22.7 Å². The molecule has 40 heavy (non-hydrogen) atoms. The molecule has 10 nitrogen and oxygen atoms in total. The van der Waals surface area contributed by atoms with Gasteiger partial charge in [-0.1, -0.05) is 29.5 Å². The molecule has 0 aliphatic rings. The number of anilines is 3. The van der Waals surface area contributed by atoms with Gasteiger partial charge >= 0.3 is 6.03 Å². The summed E-state index contributed by atoms with van der Waals surface area (Å²) in [5, 5.41) is 10.4. The van der Waals surface area contributed by atoms with Crippen molar-refractivity contribution in [3.63, 3.8) is 0 Å². The number of rotatable bonds is 12. The number of hydrogen-bond donors (Lipinski definition) is 3. The van der Waals surface area contributed by atoms with Gasteiger partial charge < -0.3 is 20.3 Å². The molecule has 2 aromatic carbocycles. The summed E-state index contributed by atoms with van der Waals surface area (Å²) < 4.78 is 5.85. The van der Waals surface area contributed by atoms with E-state index in [1.54, 1.807) is 12.5 Å². The van der Waals surface area contributed by atoms with Crippen LogP contribution in [0.1, 0.15) is 11.3 Å². The Labute approximate surface area is 240 Å². The number of carbonyl (C=O) groups is 1. The lowest BCUT2D eigenvalue weighted by Crippen LogP contribution is -2.19. The van der Waals surface area contributed by atoms with E-state index >= 15 is 0 Å². The molecule has 5 rings (SSSR count). The van der Waals surface area contributed by atoms with Gasteiger partial charge in [0.25, 0.3) is 0 Å². The molecule has 0 fully saturated rings. The highest BCUT2D eigenvalue weighted by molar-refractivity contribution is 7.21. The number of thiazole rings is 2. The highest BCUT2D eigenvalue weighted by Gasteiger charge is 2.13. The summed E-state index contributed by atoms with van der Waals surface area (Å²) in [5.41, 5.74) is 2.48. The van der Waals surface area contributed by atoms with Gasteiger partial charge in [-0.2, -0.15) is 0 Å². The topological polar surface area (TPSA) is 117 Å². The van der Waals surface area contributed by atoms with Crippen LogP contribution >= 0.6 is 22.7 Å². The minimum Gasteiger partial charge on any atom is -0.494 e. The molecule has 3 heterocycles. The van der Waals surface area contributed by atoms with Crippen LogP contribution in [0.3, 0.4) is 0 Å². The van der Waals surface area contributed by atoms with Gasteiger partial charge in [0.05, 0.1) is 6.61 Å². The second-order valence-corrected chi connectivity index (χ2v) is 11.3. The van der Waals surface area contributed by atoms with E-state index in [-0.39, 0.29) is 6.03 Å². The van der Waals surface area contributed by atoms with E-state index in [9.17, 15) is 4.79 Å². The SMILES string of the molecule is CN(C)CCCOc1ccc(-c2nc3c(NCCc4cnc(NC(=O)Nc5ccccc5)s4)ncnc3s2)cc1. The van der Waals surface area contributed by atoms with Crippen molar-refractivity contribution in [2.45, 2.75) is 12.8 Å². The molecule has 3 N–H and O–H groups in total. The van der Waals surface area contributed by atoms with Gasteiger partial charge in [0.15, 0.2) is 10.9 Å². The van der Waals surface area contributed by atoms with Crippen molar-refractivity contribution in [1.29, 1.82) is 0 Å². The van der Waals surface area contributed by atoms with Crippen LogP contribution in [0.4, 0.5) is 21.4 Å². The van der Waals surface area contributed by atoms with Crippen molar-refractivity contribution >= 4 is 55.7 Å². The molecular formula is C28H30N8O2S2. The van der Waals surface area contributed by atoms with Crippen LogP contribution in [0.2, 0.25) is 0 Å². The molecule has 5 aromatic rings. The maximum Gasteiger partial charge on any atom is 0.325 e. The van der Waals surface area contributed by atoms with Crippen LogP contribution in [0, 0.1) is 0 Å². The van der Waals surface area contributed by atoms with Crippen molar-refractivity contribution in [2.75, 3.05) is 49.7 Å². The fourth-order valence-corrected chi connectivity index (χ4v) is 5.56. The molecule has 0 saturated carbocycles. The number of nitrogens with one attached hydrogen (secondary N) is 3. The number of carbonyl (C=O) groups excluding carboxylic acids is 1. The minimum atomic E-state index is -0.324. The fraction of sp³-hybridized carbons (Fsp3) is 0.250. The highest BCUT2D eigenvalue weighted by Crippen LogP contribution is 2.32. The number of hydrogen-bond acceptors (Lipinski definition) is 10. The highest BCUT2D eigenvalue weighted by atomic mass is 32.1. The van der Waals surface area contributed by atoms with Crippen molar-refractivity contribution < 1.29 is 9.53 Å². The van der Waals surface area contributed by atoms with Crippen molar-refractivity contribution in [1.82, 2.24) is 24.8 Å². The molecule has 0 saturated heterocycles. The molecule has 0 atom stereocenters. The monoisotopic (exact) mass is 574 g/mol. The Morgan fingerprint density at radius 2 is 1.80 bits per heavy atom. The molecular weight excluding hydrogens is 544 g/mol. The third kappa shape index (κ3) is 7.50. The summed E-state index contributed by atoms with van der Waals surface area (Å²) in [5.74, 6) is 1.54. The smallest absolute Gasteiger partial charge is 0.325 e. The van der Waals surface area contributed by atoms with E-state index in [1.807, 2.05) is 54.6 Å². The lowest BCUT2D eigenvalue weighted by Gasteiger charge is -2.10. The third-order valence-electron chi connectivity index (χ3n) is 5.78. The first kappa shape index (κ1) is 27.4. The molecule has 0 spiro atoms. The van der Waals surface area contributed by atoms with Gasteiger partial charge in [-0.05, 0) is 56.9 Å². The predicted octanol–water partition coefficient (Wildman–Crippen LogP) is 5.84. The second kappa shape index (κ2) is 13.3. The van der Waals surface area contributed by atoms with Gasteiger partial charge in [-0.15, -0.1) is 11.3 Å². The summed E-state index contributed by atoms with van der Waals surface area (Å²) in [7, 11) is 4.12. The predicted molar refractivity (Wildman–Crippen MR) is 163 cm³/mol. The minimum absolute atomic E-state index is 0.324. The Morgan fingerprint density at radius 1 is 0.975 bits per heavy atom. The van der Waals surface area contributed by atoms with Crippen LogP contribution in [-0.2, 0) is 6.42 Å². The summed E-state index contributed by atoms with van der Waals surface area (Å²) in [6.07, 6.45) is 5.03. The summed E-state index contributed by atoms with van der Waals surface area (Å²) in [4.78, 5) is 34.2. The maximum atomic E-state index is 12.2. The van der Waals surface area contributed by atoms with Gasteiger partial charge in [-0.3, -0.25) is 5.32 Å². The molecule has 12 heteroatoms. The van der Waals surface area contributed by atoms with Gasteiger partial charge in [-0.25, -0.2) is 24.7 Å². The maximum absolute atomic E-state index is 12.2. The van der Waals surface area contributed by atoms with Gasteiger partial charge in [0.1, 0.15) is 27.4 Å². The number of aromatic nitrogens is 4. The zero-order valence-electron chi connectivity index (χ0n) is 22.3. The lowest BCUT2D eigenvalue weighted by atomic mass is 10.2. The Morgan fingerprint density at radius 3 is 2.60 bits per heavy atom. The zero-order chi connectivity index (χ0) is 27.7. The molecule has 2 amide bonds. The summed E-state index contributed by atoms with van der Waals surface area (Å²) in [6, 6.07) is 17.0. The number of urea groups is 1. The van der Waals surface area contributed by atoms with E-state index < -0.39 is 0 Å². The fourth-order valence-electron chi connectivity index (χ4n) is 3.84. The van der Waals surface area contributed by atoms with Gasteiger partial charge in [0, 0.05) is 41.8 Å². The molecule has 0 aliphatic heterocycles. The van der Waals surface area contributed by atoms with Crippen molar-refractivity contribution in [3.8, 4) is 16.3 Å². The number of ether oxygens (including phenoxy) is 1. The normalized spacial score (nSPS) is 11.1. The molecule has 0 radical (unpaired) electrons. The van der Waals surface area contributed by atoms with E-state index in [4.69, 9.17) is 9.72 Å². The Kier molecular flexibility index (Phi) is 9.11. The first-order valence-corrected chi connectivity index (χ1v) is 14.5. The number of benzene rings is 2. The first-order valence-electron chi connectivity index (χ1n) is 12.8. The molecule has 0 aliphatic carbocycles. The van der Waals surface area contributed by atoms with Crippen molar-refractivity contribution in [3.05, 3.63) is 72.0 Å². The first-order chi connectivity index (χ1) is 19.5. The largest absolute Gasteiger partial charge is 0.494 e. The average Bonchev–Trinajstić information content (AvgIpc) is 3.59. The lowest BCUT2D eigenvalue weighted by molar-refractivity contribution is 0.262. The van der Waals surface area contributed by atoms with Crippen LogP contribution < -0.4 is 20.7 Å². The Hall–Kier alpha value is -4.13. The average molecular weight is 575 g/mol. The number of nitrogens with zero attached hydrogens (tertiary/aromatic N) is 5. The number of fused-ring (bicyclic) bond motifs is 1. The van der Waals surface area contributed by atoms with Crippen LogP contribution in [0.5, 0.6) is 5.75 Å². The quantitative estimate of drug-likeness (QED) is 0.159. The van der Waals surface area contributed by atoms with Crippen LogP contribution in [0.15, 0.2) is 67.1 Å². The molecule has 0 bridgehead atoms. The van der Waals surface area contributed by atoms with Crippen LogP contribution in [-0.4, -0.2) is 64.7 Å². The van der Waals surface area contributed by atoms with Gasteiger partial charge in [0.2, 0.25) is 0 Å². The van der Waals surface area contributed by atoms with Crippen LogP contribution in [0.25, 0.3) is 20.9 Å². The van der Waals surface area contributed by atoms with Crippen molar-refractivity contribution in [2.24, 2.45) is 0 Å². The standard InChI is InChI=1S/C28H30N8O2S2/c1-36(2)15-6-16-38-21-11-9-19(10-12-21)25-34-23-24(31-18-32-26(23)40-25)29-14-13-22-17-30-28(39-22)35-27(37)33-20-7-4-3-5-8-20/h3-5,7-12,17-18H,6,13-16H2,1-2H3,(H,29,31,32)(H2,30,33,35,37). The van der Waals surface area contributed by atoms with E-state index in [2.05, 4.69) is 49.9 Å². The molecule has 206 valence electrons. The number of amides is 2. The number of para-hydroxylation sites is 1. The summed E-state index contributed by atoms with van der Waals surface area (Å²) >= 11 is 2.97. The van der Waals surface area contributed by atoms with E-state index in [0.717, 1.165) is 56.6 Å². The molecule has 0 unspecified atom stereocenters. The third-order valence-corrected chi connectivity index (χ3v) is 7.77. The molecule has 3 aromatic heterocycles. The Balaban J connectivity index is 1.14. The Bertz CT molecular complexity index is 1540. The zero-order valence-corrected chi connectivity index (χ0v) is 23.9. The second-order valence-electron chi connectivity index (χ2n) is 9.18.